The third-order valence-electron chi connectivity index (χ3n) is 3.36. The Morgan fingerprint density at radius 2 is 1.85 bits per heavy atom. The molecule has 0 atom stereocenters. The van der Waals surface area contributed by atoms with Gasteiger partial charge in [0.15, 0.2) is 5.11 Å². The van der Waals surface area contributed by atoms with Gasteiger partial charge in [0, 0.05) is 20.2 Å². The van der Waals surface area contributed by atoms with Crippen molar-refractivity contribution in [3.63, 3.8) is 0 Å². The van der Waals surface area contributed by atoms with Crippen molar-refractivity contribution in [2.24, 2.45) is 7.05 Å². The summed E-state index contributed by atoms with van der Waals surface area (Å²) in [6, 6.07) is 2.01. The molecular formula is C14H11ClF4N4O2S. The number of rotatable bonds is 2. The van der Waals surface area contributed by atoms with Crippen LogP contribution in [0.25, 0.3) is 5.69 Å². The first-order valence-electron chi connectivity index (χ1n) is 6.85. The zero-order valence-electron chi connectivity index (χ0n) is 13.2. The Bertz CT molecular complexity index is 1000. The van der Waals surface area contributed by atoms with E-state index in [1.54, 1.807) is 0 Å². The van der Waals surface area contributed by atoms with Crippen molar-refractivity contribution < 1.29 is 17.6 Å². The Hall–Kier alpha value is -2.40. The monoisotopic (exact) mass is 410 g/mol. The highest BCUT2D eigenvalue weighted by Gasteiger charge is 2.35. The molecule has 0 fully saturated rings. The molecule has 26 heavy (non-hydrogen) atoms. The van der Waals surface area contributed by atoms with Crippen molar-refractivity contribution in [3.05, 3.63) is 55.6 Å². The third kappa shape index (κ3) is 3.73. The number of halogens is 5. The van der Waals surface area contributed by atoms with Gasteiger partial charge >= 0.3 is 11.9 Å². The summed E-state index contributed by atoms with van der Waals surface area (Å²) in [5.41, 5.74) is -4.68. The highest BCUT2D eigenvalue weighted by atomic mass is 35.5. The molecule has 0 aliphatic carbocycles. The van der Waals surface area contributed by atoms with Gasteiger partial charge < -0.3 is 10.6 Å². The van der Waals surface area contributed by atoms with Crippen LogP contribution in [0.15, 0.2) is 27.8 Å². The standard InChI is InChI=1S/C14H11ClF4N4O2S/c1-20-12(26)21-8-4-9(7(16)3-6(8)15)23-11(24)5-10(14(17,18)19)22(2)13(23)25/h3-5H,1-2H3,(H2,20,21,26). The van der Waals surface area contributed by atoms with Gasteiger partial charge in [0.25, 0.3) is 5.56 Å². The first-order chi connectivity index (χ1) is 12.0. The van der Waals surface area contributed by atoms with Crippen LogP contribution in [0.4, 0.5) is 23.2 Å². The van der Waals surface area contributed by atoms with Crippen molar-refractivity contribution in [1.82, 2.24) is 14.5 Å². The van der Waals surface area contributed by atoms with Crippen LogP contribution < -0.4 is 21.9 Å². The molecule has 0 unspecified atom stereocenters. The number of anilines is 1. The Morgan fingerprint density at radius 3 is 2.38 bits per heavy atom. The predicted molar refractivity (Wildman–Crippen MR) is 92.5 cm³/mol. The fourth-order valence-corrected chi connectivity index (χ4v) is 2.42. The normalized spacial score (nSPS) is 11.3. The van der Waals surface area contributed by atoms with Gasteiger partial charge in [-0.2, -0.15) is 13.2 Å². The zero-order valence-corrected chi connectivity index (χ0v) is 14.8. The summed E-state index contributed by atoms with van der Waals surface area (Å²) in [4.78, 5) is 24.3. The average molecular weight is 411 g/mol. The molecule has 0 radical (unpaired) electrons. The Balaban J connectivity index is 2.75. The molecule has 2 rings (SSSR count). The largest absolute Gasteiger partial charge is 0.431 e. The molecule has 0 amide bonds. The van der Waals surface area contributed by atoms with E-state index in [4.69, 9.17) is 23.8 Å². The van der Waals surface area contributed by atoms with Crippen molar-refractivity contribution in [2.75, 3.05) is 12.4 Å². The van der Waals surface area contributed by atoms with Gasteiger partial charge in [-0.05, 0) is 24.4 Å². The van der Waals surface area contributed by atoms with E-state index >= 15 is 0 Å². The fourth-order valence-electron chi connectivity index (χ4n) is 2.11. The number of benzene rings is 1. The zero-order chi connectivity index (χ0) is 19.8. The van der Waals surface area contributed by atoms with E-state index in [0.29, 0.717) is 0 Å². The molecule has 0 saturated heterocycles. The molecule has 12 heteroatoms. The molecule has 0 saturated carbocycles. The summed E-state index contributed by atoms with van der Waals surface area (Å²) < 4.78 is 53.4. The minimum atomic E-state index is -4.92. The van der Waals surface area contributed by atoms with Gasteiger partial charge in [0.1, 0.15) is 11.5 Å². The van der Waals surface area contributed by atoms with Crippen molar-refractivity contribution in [2.45, 2.75) is 6.18 Å². The van der Waals surface area contributed by atoms with Gasteiger partial charge in [0.05, 0.1) is 16.4 Å². The van der Waals surface area contributed by atoms with Crippen LogP contribution in [0.3, 0.4) is 0 Å². The van der Waals surface area contributed by atoms with E-state index in [1.165, 1.54) is 7.05 Å². The SMILES string of the molecule is CNC(=S)Nc1cc(-n2c(=O)cc(C(F)(F)F)n(C)c2=O)c(F)cc1Cl. The summed E-state index contributed by atoms with van der Waals surface area (Å²) >= 11 is 10.8. The van der Waals surface area contributed by atoms with E-state index in [-0.39, 0.29) is 31.0 Å². The number of nitrogens with one attached hydrogen (secondary N) is 2. The lowest BCUT2D eigenvalue weighted by molar-refractivity contribution is -0.144. The van der Waals surface area contributed by atoms with Gasteiger partial charge in [0.2, 0.25) is 0 Å². The maximum atomic E-state index is 14.3. The second-order valence-corrected chi connectivity index (χ2v) is 5.85. The number of nitrogens with zero attached hydrogens (tertiary/aromatic N) is 2. The molecule has 1 heterocycles. The van der Waals surface area contributed by atoms with Gasteiger partial charge in [-0.1, -0.05) is 11.6 Å². The summed E-state index contributed by atoms with van der Waals surface area (Å²) in [5, 5.41) is 5.18. The number of aromatic nitrogens is 2. The predicted octanol–water partition coefficient (Wildman–Crippen LogP) is 2.26. The molecule has 0 aliphatic heterocycles. The smallest absolute Gasteiger partial charge is 0.366 e. The van der Waals surface area contributed by atoms with E-state index in [2.05, 4.69) is 10.6 Å². The van der Waals surface area contributed by atoms with Crippen LogP contribution in [0, 0.1) is 5.82 Å². The topological polar surface area (TPSA) is 68.1 Å². The molecule has 0 aliphatic rings. The average Bonchev–Trinajstić information content (AvgIpc) is 2.53. The van der Waals surface area contributed by atoms with Gasteiger partial charge in [-0.3, -0.25) is 9.36 Å². The van der Waals surface area contributed by atoms with E-state index in [9.17, 15) is 27.2 Å². The summed E-state index contributed by atoms with van der Waals surface area (Å²) in [7, 11) is 2.33. The van der Waals surface area contributed by atoms with Crippen LogP contribution in [-0.2, 0) is 13.2 Å². The van der Waals surface area contributed by atoms with Crippen LogP contribution in [-0.4, -0.2) is 21.3 Å². The molecule has 140 valence electrons. The molecule has 1 aromatic heterocycles. The summed E-state index contributed by atoms with van der Waals surface area (Å²) in [6.45, 7) is 0. The van der Waals surface area contributed by atoms with Crippen LogP contribution >= 0.6 is 23.8 Å². The molecule has 1 aromatic carbocycles. The fraction of sp³-hybridized carbons (Fsp3) is 0.214. The van der Waals surface area contributed by atoms with Crippen molar-refractivity contribution in [3.8, 4) is 5.69 Å². The lowest BCUT2D eigenvalue weighted by Gasteiger charge is -2.16. The van der Waals surface area contributed by atoms with E-state index < -0.39 is 34.6 Å². The van der Waals surface area contributed by atoms with E-state index in [0.717, 1.165) is 19.2 Å². The lowest BCUT2D eigenvalue weighted by atomic mass is 10.2. The maximum Gasteiger partial charge on any atom is 0.431 e. The summed E-state index contributed by atoms with van der Waals surface area (Å²) in [5.74, 6) is -1.07. The molecule has 0 bridgehead atoms. The Kier molecular flexibility index (Phi) is 5.42. The maximum absolute atomic E-state index is 14.3. The molecule has 2 N–H and O–H groups in total. The van der Waals surface area contributed by atoms with Crippen LogP contribution in [0.5, 0.6) is 0 Å². The minimum absolute atomic E-state index is 0.0521. The van der Waals surface area contributed by atoms with Crippen molar-refractivity contribution >= 4 is 34.6 Å². The quantitative estimate of drug-likeness (QED) is 0.587. The van der Waals surface area contributed by atoms with Crippen LogP contribution in [0.2, 0.25) is 5.02 Å². The molecular weight excluding hydrogens is 400 g/mol. The first-order valence-corrected chi connectivity index (χ1v) is 7.64. The Labute approximate surface area is 154 Å². The molecule has 6 nitrogen and oxygen atoms in total. The molecule has 2 aromatic rings. The second kappa shape index (κ2) is 7.08. The second-order valence-electron chi connectivity index (χ2n) is 5.03. The number of thiocarbonyl (C=S) groups is 1. The highest BCUT2D eigenvalue weighted by Crippen LogP contribution is 2.28. The number of alkyl halides is 3. The van der Waals surface area contributed by atoms with Crippen molar-refractivity contribution in [1.29, 1.82) is 0 Å². The third-order valence-corrected chi connectivity index (χ3v) is 3.98. The Morgan fingerprint density at radius 1 is 1.23 bits per heavy atom. The highest BCUT2D eigenvalue weighted by molar-refractivity contribution is 7.80. The van der Waals surface area contributed by atoms with Gasteiger partial charge in [-0.15, -0.1) is 0 Å². The van der Waals surface area contributed by atoms with E-state index in [1.807, 2.05) is 0 Å². The molecule has 0 spiro atoms. The lowest BCUT2D eigenvalue weighted by Crippen LogP contribution is -2.41. The summed E-state index contributed by atoms with van der Waals surface area (Å²) in [6.07, 6.45) is -4.92. The first kappa shape index (κ1) is 19.9. The minimum Gasteiger partial charge on any atom is -0.366 e. The van der Waals surface area contributed by atoms with Crippen LogP contribution in [0.1, 0.15) is 5.69 Å². The van der Waals surface area contributed by atoms with Gasteiger partial charge in [-0.25, -0.2) is 13.8 Å². The number of hydrogen-bond donors (Lipinski definition) is 2. The number of hydrogen-bond acceptors (Lipinski definition) is 3.